The van der Waals surface area contributed by atoms with Crippen LogP contribution in [0.2, 0.25) is 0 Å². The van der Waals surface area contributed by atoms with Crippen molar-refractivity contribution < 1.29 is 14.0 Å². The monoisotopic (exact) mass is 514 g/mol. The molecule has 38 heavy (non-hydrogen) atoms. The SMILES string of the molecule is CN(Cc1ccccc1)C(=O)c1ccc(N[C@H]2CCN(CC(=O)N3C[C@@H](F)C[C@H]3C#N)C2)c2cccnc12. The molecule has 3 aromatic rings. The Morgan fingerprint density at radius 3 is 2.76 bits per heavy atom. The zero-order valence-electron chi connectivity index (χ0n) is 21.4. The molecule has 0 unspecified atom stereocenters. The van der Waals surface area contributed by atoms with Crippen molar-refractivity contribution in [2.45, 2.75) is 37.6 Å². The Morgan fingerprint density at radius 1 is 1.16 bits per heavy atom. The largest absolute Gasteiger partial charge is 0.380 e. The maximum Gasteiger partial charge on any atom is 0.256 e. The predicted molar refractivity (Wildman–Crippen MR) is 143 cm³/mol. The molecule has 0 bridgehead atoms. The van der Waals surface area contributed by atoms with Crippen LogP contribution in [0, 0.1) is 11.3 Å². The van der Waals surface area contributed by atoms with E-state index < -0.39 is 12.2 Å². The summed E-state index contributed by atoms with van der Waals surface area (Å²) in [6, 6.07) is 18.9. The summed E-state index contributed by atoms with van der Waals surface area (Å²) in [6.07, 6.45) is 1.49. The van der Waals surface area contributed by atoms with Crippen LogP contribution >= 0.6 is 0 Å². The zero-order chi connectivity index (χ0) is 26.6. The van der Waals surface area contributed by atoms with Crippen LogP contribution in [0.1, 0.15) is 28.8 Å². The Balaban J connectivity index is 1.25. The molecule has 0 saturated carbocycles. The predicted octanol–water partition coefficient (Wildman–Crippen LogP) is 3.46. The molecule has 2 saturated heterocycles. The first-order chi connectivity index (χ1) is 18.4. The molecule has 2 aromatic carbocycles. The lowest BCUT2D eigenvalue weighted by Crippen LogP contribution is -2.42. The second kappa shape index (κ2) is 11.2. The molecule has 1 aromatic heterocycles. The van der Waals surface area contributed by atoms with Crippen molar-refractivity contribution >= 4 is 28.4 Å². The molecule has 0 spiro atoms. The summed E-state index contributed by atoms with van der Waals surface area (Å²) >= 11 is 0. The number of hydrogen-bond donors (Lipinski definition) is 1. The molecule has 3 atom stereocenters. The molecule has 0 aliphatic carbocycles. The van der Waals surface area contributed by atoms with Gasteiger partial charge in [-0.3, -0.25) is 19.5 Å². The maximum atomic E-state index is 13.7. The number of hydrogen-bond acceptors (Lipinski definition) is 6. The fraction of sp³-hybridized carbons (Fsp3) is 0.379. The van der Waals surface area contributed by atoms with Gasteiger partial charge in [0.25, 0.3) is 5.91 Å². The van der Waals surface area contributed by atoms with E-state index in [9.17, 15) is 19.2 Å². The third-order valence-electron chi connectivity index (χ3n) is 7.32. The van der Waals surface area contributed by atoms with Crippen molar-refractivity contribution in [2.75, 3.05) is 38.5 Å². The minimum absolute atomic E-state index is 0.00280. The highest BCUT2D eigenvalue weighted by atomic mass is 19.1. The van der Waals surface area contributed by atoms with Crippen LogP contribution in [0.3, 0.4) is 0 Å². The number of halogens is 1. The van der Waals surface area contributed by atoms with E-state index in [0.29, 0.717) is 24.2 Å². The van der Waals surface area contributed by atoms with E-state index in [-0.39, 0.29) is 37.4 Å². The van der Waals surface area contributed by atoms with Gasteiger partial charge in [-0.1, -0.05) is 30.3 Å². The molecule has 2 fully saturated rings. The van der Waals surface area contributed by atoms with E-state index in [1.54, 1.807) is 18.1 Å². The average Bonchev–Trinajstić information content (AvgIpc) is 3.54. The minimum atomic E-state index is -1.13. The quantitative estimate of drug-likeness (QED) is 0.519. The molecule has 8 nitrogen and oxygen atoms in total. The number of amides is 2. The molecule has 0 radical (unpaired) electrons. The van der Waals surface area contributed by atoms with E-state index in [1.807, 2.05) is 65.6 Å². The molecule has 3 heterocycles. The Bertz CT molecular complexity index is 1360. The number of fused-ring (bicyclic) bond motifs is 1. The van der Waals surface area contributed by atoms with E-state index in [0.717, 1.165) is 29.6 Å². The third kappa shape index (κ3) is 5.46. The summed E-state index contributed by atoms with van der Waals surface area (Å²) in [4.78, 5) is 35.7. The summed E-state index contributed by atoms with van der Waals surface area (Å²) in [5.74, 6) is -0.294. The lowest BCUT2D eigenvalue weighted by Gasteiger charge is -2.23. The Hall–Kier alpha value is -4.03. The van der Waals surface area contributed by atoms with Gasteiger partial charge < -0.3 is 15.1 Å². The summed E-state index contributed by atoms with van der Waals surface area (Å²) in [7, 11) is 1.79. The number of nitrogens with one attached hydrogen (secondary N) is 1. The van der Waals surface area contributed by atoms with Crippen molar-refractivity contribution in [3.63, 3.8) is 0 Å². The van der Waals surface area contributed by atoms with Crippen LogP contribution < -0.4 is 5.32 Å². The maximum absolute atomic E-state index is 13.7. The van der Waals surface area contributed by atoms with Gasteiger partial charge in [-0.2, -0.15) is 5.26 Å². The van der Waals surface area contributed by atoms with Gasteiger partial charge in [0, 0.05) is 56.4 Å². The number of likely N-dealkylation sites (tertiary alicyclic amines) is 2. The number of nitrogens with zero attached hydrogens (tertiary/aromatic N) is 5. The Morgan fingerprint density at radius 2 is 1.97 bits per heavy atom. The topological polar surface area (TPSA) is 92.6 Å². The summed E-state index contributed by atoms with van der Waals surface area (Å²) in [6.45, 7) is 2.05. The van der Waals surface area contributed by atoms with Gasteiger partial charge in [0.1, 0.15) is 12.2 Å². The van der Waals surface area contributed by atoms with Crippen molar-refractivity contribution in [3.8, 4) is 6.07 Å². The number of carbonyl (C=O) groups excluding carboxylic acids is 2. The number of carbonyl (C=O) groups is 2. The van der Waals surface area contributed by atoms with Crippen LogP contribution in [-0.2, 0) is 11.3 Å². The fourth-order valence-electron chi connectivity index (χ4n) is 5.38. The highest BCUT2D eigenvalue weighted by Crippen LogP contribution is 2.28. The Kier molecular flexibility index (Phi) is 7.52. The Labute approximate surface area is 221 Å². The van der Waals surface area contributed by atoms with Crippen molar-refractivity contribution in [2.24, 2.45) is 0 Å². The number of rotatable bonds is 7. The number of pyridine rings is 1. The smallest absolute Gasteiger partial charge is 0.256 e. The molecule has 196 valence electrons. The molecule has 5 rings (SSSR count). The van der Waals surface area contributed by atoms with Crippen LogP contribution in [-0.4, -0.2) is 83.0 Å². The first kappa shape index (κ1) is 25.6. The highest BCUT2D eigenvalue weighted by molar-refractivity contribution is 6.08. The van der Waals surface area contributed by atoms with Crippen LogP contribution in [0.25, 0.3) is 10.9 Å². The van der Waals surface area contributed by atoms with Gasteiger partial charge in [0.2, 0.25) is 5.91 Å². The van der Waals surface area contributed by atoms with Crippen LogP contribution in [0.15, 0.2) is 60.8 Å². The van der Waals surface area contributed by atoms with Gasteiger partial charge in [-0.15, -0.1) is 0 Å². The van der Waals surface area contributed by atoms with Crippen molar-refractivity contribution in [3.05, 3.63) is 71.9 Å². The molecule has 2 aliphatic heterocycles. The number of anilines is 1. The lowest BCUT2D eigenvalue weighted by molar-refractivity contribution is -0.132. The van der Waals surface area contributed by atoms with E-state index in [4.69, 9.17) is 0 Å². The molecule has 2 amide bonds. The number of alkyl halides is 1. The summed E-state index contributed by atoms with van der Waals surface area (Å²) < 4.78 is 13.7. The molecule has 1 N–H and O–H groups in total. The van der Waals surface area contributed by atoms with E-state index >= 15 is 0 Å². The van der Waals surface area contributed by atoms with Crippen molar-refractivity contribution in [1.82, 2.24) is 19.7 Å². The van der Waals surface area contributed by atoms with E-state index in [1.165, 1.54) is 4.90 Å². The number of benzene rings is 2. The van der Waals surface area contributed by atoms with Gasteiger partial charge in [0.15, 0.2) is 0 Å². The normalized spacial score (nSPS) is 21.4. The first-order valence-electron chi connectivity index (χ1n) is 12.9. The molecular weight excluding hydrogens is 483 g/mol. The zero-order valence-corrected chi connectivity index (χ0v) is 21.4. The average molecular weight is 515 g/mol. The first-order valence-corrected chi connectivity index (χ1v) is 12.9. The molecular formula is C29H31FN6O2. The molecule has 2 aliphatic rings. The van der Waals surface area contributed by atoms with Gasteiger partial charge in [-0.25, -0.2) is 4.39 Å². The highest BCUT2D eigenvalue weighted by Gasteiger charge is 2.36. The third-order valence-corrected chi connectivity index (χ3v) is 7.32. The summed E-state index contributed by atoms with van der Waals surface area (Å²) in [5, 5.41) is 13.7. The van der Waals surface area contributed by atoms with Gasteiger partial charge in [-0.05, 0) is 36.2 Å². The number of aromatic nitrogens is 1. The van der Waals surface area contributed by atoms with Gasteiger partial charge >= 0.3 is 0 Å². The van der Waals surface area contributed by atoms with E-state index in [2.05, 4.69) is 10.3 Å². The van der Waals surface area contributed by atoms with Crippen LogP contribution in [0.5, 0.6) is 0 Å². The van der Waals surface area contributed by atoms with Gasteiger partial charge in [0.05, 0.1) is 30.2 Å². The standard InChI is InChI=1S/C29H31FN6O2/c1-34(16-20-6-3-2-4-7-20)29(38)25-9-10-26(24-8-5-12-32-28(24)25)33-22-11-13-35(18-22)19-27(37)36-17-21(30)14-23(36)15-31/h2-10,12,21-23,33H,11,13-14,16-19H2,1H3/t21-,22-,23-/m0/s1. The second-order valence-corrected chi connectivity index (χ2v) is 10.1. The van der Waals surface area contributed by atoms with Crippen LogP contribution in [0.4, 0.5) is 10.1 Å². The fourth-order valence-corrected chi connectivity index (χ4v) is 5.38. The lowest BCUT2D eigenvalue weighted by atomic mass is 10.1. The minimum Gasteiger partial charge on any atom is -0.380 e. The second-order valence-electron chi connectivity index (χ2n) is 10.1. The summed E-state index contributed by atoms with van der Waals surface area (Å²) in [5.41, 5.74) is 3.13. The molecule has 9 heteroatoms. The van der Waals surface area contributed by atoms with Crippen molar-refractivity contribution in [1.29, 1.82) is 5.26 Å². The number of nitriles is 1.